The summed E-state index contributed by atoms with van der Waals surface area (Å²) in [6.45, 7) is 4.25. The molecule has 0 amide bonds. The van der Waals surface area contributed by atoms with Gasteiger partial charge < -0.3 is 19.5 Å². The van der Waals surface area contributed by atoms with E-state index >= 15 is 0 Å². The largest absolute Gasteiger partial charge is 0.477 e. The molecule has 120 valence electrons. The molecule has 7 nitrogen and oxygen atoms in total. The third kappa shape index (κ3) is 3.37. The average Bonchev–Trinajstić information content (AvgIpc) is 2.82. The Bertz CT molecular complexity index is 646. The number of pyridine rings is 1. The number of nitrogens with zero attached hydrogens (tertiary/aromatic N) is 3. The van der Waals surface area contributed by atoms with Crippen molar-refractivity contribution in [2.75, 3.05) is 45.4 Å². The van der Waals surface area contributed by atoms with Crippen molar-refractivity contribution in [1.29, 1.82) is 0 Å². The van der Waals surface area contributed by atoms with Crippen molar-refractivity contribution in [3.05, 3.63) is 29.7 Å². The highest BCUT2D eigenvalue weighted by Crippen LogP contribution is 2.19. The minimum atomic E-state index is -0.984. The number of carbonyl (C=O) groups is 1. The molecule has 0 saturated heterocycles. The molecule has 0 spiro atoms. The molecule has 22 heavy (non-hydrogen) atoms. The molecule has 2 rings (SSSR count). The van der Waals surface area contributed by atoms with Gasteiger partial charge in [0.25, 0.3) is 0 Å². The summed E-state index contributed by atoms with van der Waals surface area (Å²) in [5.41, 5.74) is 2.22. The lowest BCUT2D eigenvalue weighted by Crippen LogP contribution is -2.30. The number of aromatic nitrogens is 2. The van der Waals surface area contributed by atoms with Gasteiger partial charge in [-0.3, -0.25) is 4.40 Å². The zero-order valence-electron chi connectivity index (χ0n) is 13.1. The Balaban J connectivity index is 2.39. The Morgan fingerprint density at radius 1 is 1.27 bits per heavy atom. The summed E-state index contributed by atoms with van der Waals surface area (Å²) in [5.74, 6) is -0.984. The van der Waals surface area contributed by atoms with Gasteiger partial charge in [0.15, 0.2) is 5.69 Å². The molecular formula is C15H21N3O4. The van der Waals surface area contributed by atoms with Crippen LogP contribution in [0.3, 0.4) is 0 Å². The highest BCUT2D eigenvalue weighted by molar-refractivity contribution is 5.88. The first-order valence-electron chi connectivity index (χ1n) is 7.03. The van der Waals surface area contributed by atoms with Gasteiger partial charge in [0, 0.05) is 33.5 Å². The fraction of sp³-hybridized carbons (Fsp3) is 0.467. The number of fused-ring (bicyclic) bond motifs is 1. The molecule has 2 heterocycles. The van der Waals surface area contributed by atoms with Crippen molar-refractivity contribution in [2.24, 2.45) is 0 Å². The number of ether oxygens (including phenoxy) is 2. The van der Waals surface area contributed by atoms with E-state index in [-0.39, 0.29) is 5.69 Å². The van der Waals surface area contributed by atoms with Gasteiger partial charge in [-0.2, -0.15) is 0 Å². The Hall–Kier alpha value is -2.12. The SMILES string of the molecule is COCCN(CCOC)c1ccc2nc(C)c(C(=O)O)n2c1. The molecule has 0 aliphatic carbocycles. The minimum Gasteiger partial charge on any atom is -0.477 e. The van der Waals surface area contributed by atoms with Crippen molar-refractivity contribution >= 4 is 17.3 Å². The maximum Gasteiger partial charge on any atom is 0.354 e. The number of carboxylic acids is 1. The quantitative estimate of drug-likeness (QED) is 0.795. The van der Waals surface area contributed by atoms with E-state index in [9.17, 15) is 9.90 Å². The van der Waals surface area contributed by atoms with Gasteiger partial charge in [-0.25, -0.2) is 9.78 Å². The van der Waals surface area contributed by atoms with Gasteiger partial charge in [0.05, 0.1) is 24.6 Å². The summed E-state index contributed by atoms with van der Waals surface area (Å²) in [6, 6.07) is 3.75. The summed E-state index contributed by atoms with van der Waals surface area (Å²) in [4.78, 5) is 17.8. The normalized spacial score (nSPS) is 11.0. The van der Waals surface area contributed by atoms with Crippen molar-refractivity contribution in [2.45, 2.75) is 6.92 Å². The van der Waals surface area contributed by atoms with Crippen LogP contribution >= 0.6 is 0 Å². The number of hydrogen-bond acceptors (Lipinski definition) is 5. The first kappa shape index (κ1) is 16.3. The van der Waals surface area contributed by atoms with E-state index in [0.717, 1.165) is 5.69 Å². The Kier molecular flexibility index (Phi) is 5.35. The molecule has 0 bridgehead atoms. The number of rotatable bonds is 8. The van der Waals surface area contributed by atoms with Crippen LogP contribution in [0.25, 0.3) is 5.65 Å². The summed E-state index contributed by atoms with van der Waals surface area (Å²) < 4.78 is 11.9. The molecule has 0 radical (unpaired) electrons. The molecule has 2 aromatic rings. The van der Waals surface area contributed by atoms with Crippen LogP contribution in [-0.2, 0) is 9.47 Å². The van der Waals surface area contributed by atoms with Crippen LogP contribution in [0, 0.1) is 6.92 Å². The highest BCUT2D eigenvalue weighted by atomic mass is 16.5. The maximum absolute atomic E-state index is 11.4. The lowest BCUT2D eigenvalue weighted by molar-refractivity contribution is 0.0688. The minimum absolute atomic E-state index is 0.190. The Morgan fingerprint density at radius 2 is 1.91 bits per heavy atom. The maximum atomic E-state index is 11.4. The molecule has 0 aromatic carbocycles. The molecule has 0 aliphatic rings. The van der Waals surface area contributed by atoms with Crippen LogP contribution < -0.4 is 4.90 Å². The monoisotopic (exact) mass is 307 g/mol. The highest BCUT2D eigenvalue weighted by Gasteiger charge is 2.16. The molecule has 0 atom stereocenters. The second kappa shape index (κ2) is 7.24. The molecule has 2 aromatic heterocycles. The van der Waals surface area contributed by atoms with E-state index in [1.165, 1.54) is 0 Å². The summed E-state index contributed by atoms with van der Waals surface area (Å²) in [6.07, 6.45) is 1.80. The van der Waals surface area contributed by atoms with Crippen molar-refractivity contribution in [3.8, 4) is 0 Å². The van der Waals surface area contributed by atoms with E-state index in [1.54, 1.807) is 31.7 Å². The smallest absolute Gasteiger partial charge is 0.354 e. The van der Waals surface area contributed by atoms with Crippen LogP contribution in [0.5, 0.6) is 0 Å². The molecule has 0 fully saturated rings. The predicted molar refractivity (Wildman–Crippen MR) is 82.9 cm³/mol. The number of hydrogen-bond donors (Lipinski definition) is 1. The molecule has 0 saturated carbocycles. The van der Waals surface area contributed by atoms with Crippen molar-refractivity contribution in [1.82, 2.24) is 9.38 Å². The van der Waals surface area contributed by atoms with Gasteiger partial charge in [-0.15, -0.1) is 0 Å². The molecular weight excluding hydrogens is 286 g/mol. The third-order valence-corrected chi connectivity index (χ3v) is 3.48. The fourth-order valence-electron chi connectivity index (χ4n) is 2.37. The predicted octanol–water partition coefficient (Wildman–Crippen LogP) is 1.44. The molecule has 0 unspecified atom stereocenters. The van der Waals surface area contributed by atoms with Crippen molar-refractivity contribution in [3.63, 3.8) is 0 Å². The van der Waals surface area contributed by atoms with Crippen LogP contribution in [0.15, 0.2) is 18.3 Å². The number of aromatic carboxylic acids is 1. The first-order valence-corrected chi connectivity index (χ1v) is 7.03. The lowest BCUT2D eigenvalue weighted by atomic mass is 10.3. The summed E-state index contributed by atoms with van der Waals surface area (Å²) in [7, 11) is 3.30. The Morgan fingerprint density at radius 3 is 2.45 bits per heavy atom. The van der Waals surface area contributed by atoms with Gasteiger partial charge in [0.2, 0.25) is 0 Å². The number of carboxylic acid groups (broad SMARTS) is 1. The number of aryl methyl sites for hydroxylation is 1. The van der Waals surface area contributed by atoms with E-state index in [1.807, 2.05) is 12.1 Å². The van der Waals surface area contributed by atoms with Gasteiger partial charge in [-0.1, -0.05) is 0 Å². The van der Waals surface area contributed by atoms with Crippen LogP contribution in [0.1, 0.15) is 16.2 Å². The fourth-order valence-corrected chi connectivity index (χ4v) is 2.37. The lowest BCUT2D eigenvalue weighted by Gasteiger charge is -2.24. The van der Waals surface area contributed by atoms with Crippen molar-refractivity contribution < 1.29 is 19.4 Å². The summed E-state index contributed by atoms with van der Waals surface area (Å²) >= 11 is 0. The standard InChI is InChI=1S/C15H21N3O4/c1-11-14(15(19)20)18-10-12(4-5-13(18)16-11)17(6-8-21-2)7-9-22-3/h4-5,10H,6-9H2,1-3H3,(H,19,20). The van der Waals surface area contributed by atoms with E-state index < -0.39 is 5.97 Å². The van der Waals surface area contributed by atoms with Crippen LogP contribution in [-0.4, -0.2) is 61.0 Å². The first-order chi connectivity index (χ1) is 10.6. The number of anilines is 1. The zero-order chi connectivity index (χ0) is 16.1. The second-order valence-corrected chi connectivity index (χ2v) is 4.94. The van der Waals surface area contributed by atoms with Gasteiger partial charge in [0.1, 0.15) is 5.65 Å². The van der Waals surface area contributed by atoms with Crippen LogP contribution in [0.4, 0.5) is 5.69 Å². The Labute approximate surface area is 129 Å². The van der Waals surface area contributed by atoms with Crippen LogP contribution in [0.2, 0.25) is 0 Å². The average molecular weight is 307 g/mol. The zero-order valence-corrected chi connectivity index (χ0v) is 13.1. The molecule has 7 heteroatoms. The third-order valence-electron chi connectivity index (χ3n) is 3.48. The van der Waals surface area contributed by atoms with E-state index in [0.29, 0.717) is 37.6 Å². The van der Waals surface area contributed by atoms with E-state index in [2.05, 4.69) is 9.88 Å². The van der Waals surface area contributed by atoms with Gasteiger partial charge in [-0.05, 0) is 19.1 Å². The molecule has 0 aliphatic heterocycles. The number of methoxy groups -OCH3 is 2. The van der Waals surface area contributed by atoms with E-state index in [4.69, 9.17) is 9.47 Å². The second-order valence-electron chi connectivity index (χ2n) is 4.94. The summed E-state index contributed by atoms with van der Waals surface area (Å²) in [5, 5.41) is 9.35. The molecule has 1 N–H and O–H groups in total. The van der Waals surface area contributed by atoms with Gasteiger partial charge >= 0.3 is 5.97 Å². The number of imidazole rings is 1. The topological polar surface area (TPSA) is 76.3 Å².